The molecule has 1 amide bonds. The molecule has 0 spiro atoms. The summed E-state index contributed by atoms with van der Waals surface area (Å²) in [7, 11) is 0. The Morgan fingerprint density at radius 3 is 3.00 bits per heavy atom. The first-order valence-corrected chi connectivity index (χ1v) is 4.59. The van der Waals surface area contributed by atoms with E-state index in [1.807, 2.05) is 0 Å². The Bertz CT molecular complexity index is 420. The Morgan fingerprint density at radius 2 is 2.33 bits per heavy atom. The van der Waals surface area contributed by atoms with E-state index in [-0.39, 0.29) is 11.6 Å². The highest BCUT2D eigenvalue weighted by atomic mass is 19.1. The standard InChI is InChI=1S/C10H11FN2O2/c1-6(14)13-2-3-15-10-4-7(11)8(12)5-9(10)13/h4-5H,2-3,12H2,1H3. The molecule has 1 aliphatic rings. The number of fused-ring (bicyclic) bond motifs is 1. The van der Waals surface area contributed by atoms with Crippen molar-refractivity contribution in [1.82, 2.24) is 0 Å². The summed E-state index contributed by atoms with van der Waals surface area (Å²) in [6.07, 6.45) is 0. The van der Waals surface area contributed by atoms with Crippen LogP contribution in [0.15, 0.2) is 12.1 Å². The highest BCUT2D eigenvalue weighted by molar-refractivity contribution is 5.94. The van der Waals surface area contributed by atoms with E-state index in [4.69, 9.17) is 10.5 Å². The van der Waals surface area contributed by atoms with Gasteiger partial charge in [-0.2, -0.15) is 0 Å². The Labute approximate surface area is 86.4 Å². The molecule has 2 N–H and O–H groups in total. The fraction of sp³-hybridized carbons (Fsp3) is 0.300. The summed E-state index contributed by atoms with van der Waals surface area (Å²) in [5.41, 5.74) is 5.99. The molecule has 1 aromatic rings. The van der Waals surface area contributed by atoms with Crippen LogP contribution in [0.3, 0.4) is 0 Å². The molecule has 1 heterocycles. The summed E-state index contributed by atoms with van der Waals surface area (Å²) in [6.45, 7) is 2.29. The van der Waals surface area contributed by atoms with Gasteiger partial charge in [-0.15, -0.1) is 0 Å². The van der Waals surface area contributed by atoms with E-state index in [1.54, 1.807) is 0 Å². The lowest BCUT2D eigenvalue weighted by molar-refractivity contribution is -0.116. The van der Waals surface area contributed by atoms with Gasteiger partial charge in [-0.05, 0) is 6.07 Å². The second kappa shape index (κ2) is 3.42. The van der Waals surface area contributed by atoms with Gasteiger partial charge in [-0.1, -0.05) is 0 Å². The van der Waals surface area contributed by atoms with Gasteiger partial charge in [0, 0.05) is 13.0 Å². The minimum Gasteiger partial charge on any atom is -0.489 e. The number of carbonyl (C=O) groups excluding carboxylic acids is 1. The van der Waals surface area contributed by atoms with Crippen molar-refractivity contribution < 1.29 is 13.9 Å². The van der Waals surface area contributed by atoms with Gasteiger partial charge in [0.15, 0.2) is 0 Å². The zero-order valence-corrected chi connectivity index (χ0v) is 8.29. The molecule has 0 radical (unpaired) electrons. The first kappa shape index (κ1) is 9.76. The summed E-state index contributed by atoms with van der Waals surface area (Å²) in [5, 5.41) is 0. The van der Waals surface area contributed by atoms with Gasteiger partial charge in [0.05, 0.1) is 17.9 Å². The third-order valence-electron chi connectivity index (χ3n) is 2.32. The maximum Gasteiger partial charge on any atom is 0.224 e. The molecule has 0 atom stereocenters. The molecule has 5 heteroatoms. The van der Waals surface area contributed by atoms with Crippen LogP contribution in [0.1, 0.15) is 6.92 Å². The molecule has 15 heavy (non-hydrogen) atoms. The number of benzene rings is 1. The van der Waals surface area contributed by atoms with Crippen LogP contribution in [0.4, 0.5) is 15.8 Å². The fourth-order valence-electron chi connectivity index (χ4n) is 1.58. The van der Waals surface area contributed by atoms with Crippen LogP contribution >= 0.6 is 0 Å². The molecule has 0 fully saturated rings. The van der Waals surface area contributed by atoms with Crippen LogP contribution in [-0.2, 0) is 4.79 Å². The number of nitrogens with two attached hydrogens (primary N) is 1. The molecule has 0 aromatic heterocycles. The average Bonchev–Trinajstić information content (AvgIpc) is 2.18. The van der Waals surface area contributed by atoms with Crippen molar-refractivity contribution >= 4 is 17.3 Å². The molecule has 1 aliphatic heterocycles. The average molecular weight is 210 g/mol. The van der Waals surface area contributed by atoms with Gasteiger partial charge >= 0.3 is 0 Å². The van der Waals surface area contributed by atoms with E-state index in [1.165, 1.54) is 24.0 Å². The largest absolute Gasteiger partial charge is 0.489 e. The van der Waals surface area contributed by atoms with Crippen molar-refractivity contribution in [2.75, 3.05) is 23.8 Å². The number of hydrogen-bond acceptors (Lipinski definition) is 3. The van der Waals surface area contributed by atoms with Gasteiger partial charge in [0.25, 0.3) is 0 Å². The smallest absolute Gasteiger partial charge is 0.224 e. The van der Waals surface area contributed by atoms with E-state index >= 15 is 0 Å². The van der Waals surface area contributed by atoms with Gasteiger partial charge in [-0.25, -0.2) is 4.39 Å². The summed E-state index contributed by atoms with van der Waals surface area (Å²) in [4.78, 5) is 12.8. The Morgan fingerprint density at radius 1 is 1.60 bits per heavy atom. The van der Waals surface area contributed by atoms with Gasteiger partial charge in [0.1, 0.15) is 18.2 Å². The van der Waals surface area contributed by atoms with Crippen molar-refractivity contribution in [3.63, 3.8) is 0 Å². The predicted octanol–water partition coefficient (Wildman–Crippen LogP) is 1.15. The number of rotatable bonds is 0. The SMILES string of the molecule is CC(=O)N1CCOc2cc(F)c(N)cc21. The molecular formula is C10H11FN2O2. The zero-order valence-electron chi connectivity index (χ0n) is 8.29. The zero-order chi connectivity index (χ0) is 11.0. The highest BCUT2D eigenvalue weighted by Crippen LogP contribution is 2.34. The molecule has 0 saturated heterocycles. The molecule has 80 valence electrons. The number of hydrogen-bond donors (Lipinski definition) is 1. The van der Waals surface area contributed by atoms with Crippen LogP contribution in [0, 0.1) is 5.82 Å². The van der Waals surface area contributed by atoms with Crippen LogP contribution in [0.5, 0.6) is 5.75 Å². The van der Waals surface area contributed by atoms with E-state index in [2.05, 4.69) is 0 Å². The van der Waals surface area contributed by atoms with Gasteiger partial charge in [-0.3, -0.25) is 4.79 Å². The Balaban J connectivity index is 2.51. The number of anilines is 2. The van der Waals surface area contributed by atoms with Gasteiger partial charge < -0.3 is 15.4 Å². The predicted molar refractivity (Wildman–Crippen MR) is 54.3 cm³/mol. The lowest BCUT2D eigenvalue weighted by atomic mass is 10.2. The molecule has 1 aromatic carbocycles. The minimum atomic E-state index is -0.529. The number of nitrogen functional groups attached to an aromatic ring is 1. The van der Waals surface area contributed by atoms with E-state index in [0.29, 0.717) is 24.6 Å². The van der Waals surface area contributed by atoms with Crippen molar-refractivity contribution in [3.05, 3.63) is 17.9 Å². The summed E-state index contributed by atoms with van der Waals surface area (Å²) in [5.74, 6) is -0.270. The first-order valence-electron chi connectivity index (χ1n) is 4.59. The fourth-order valence-corrected chi connectivity index (χ4v) is 1.58. The number of amides is 1. The van der Waals surface area contributed by atoms with Crippen molar-refractivity contribution in [2.45, 2.75) is 6.92 Å². The first-order chi connectivity index (χ1) is 7.09. The van der Waals surface area contributed by atoms with Crippen molar-refractivity contribution in [2.24, 2.45) is 0 Å². The molecule has 0 saturated carbocycles. The van der Waals surface area contributed by atoms with E-state index < -0.39 is 5.82 Å². The lowest BCUT2D eigenvalue weighted by Crippen LogP contribution is -2.36. The van der Waals surface area contributed by atoms with Crippen molar-refractivity contribution in [3.8, 4) is 5.75 Å². The van der Waals surface area contributed by atoms with Crippen LogP contribution in [0.25, 0.3) is 0 Å². The second-order valence-electron chi connectivity index (χ2n) is 3.36. The lowest BCUT2D eigenvalue weighted by Gasteiger charge is -2.28. The molecule has 0 aliphatic carbocycles. The number of ether oxygens (including phenoxy) is 1. The number of halogens is 1. The molecular weight excluding hydrogens is 199 g/mol. The minimum absolute atomic E-state index is 0.0190. The maximum atomic E-state index is 13.1. The molecule has 0 unspecified atom stereocenters. The third kappa shape index (κ3) is 1.60. The molecule has 4 nitrogen and oxygen atoms in total. The van der Waals surface area contributed by atoms with Crippen molar-refractivity contribution in [1.29, 1.82) is 0 Å². The molecule has 2 rings (SSSR count). The highest BCUT2D eigenvalue weighted by Gasteiger charge is 2.22. The summed E-state index contributed by atoms with van der Waals surface area (Å²) < 4.78 is 18.4. The van der Waals surface area contributed by atoms with E-state index in [9.17, 15) is 9.18 Å². The van der Waals surface area contributed by atoms with Gasteiger partial charge in [0.2, 0.25) is 5.91 Å². The third-order valence-corrected chi connectivity index (χ3v) is 2.32. The summed E-state index contributed by atoms with van der Waals surface area (Å²) >= 11 is 0. The topological polar surface area (TPSA) is 55.6 Å². The van der Waals surface area contributed by atoms with Crippen LogP contribution in [0.2, 0.25) is 0 Å². The normalized spacial score (nSPS) is 14.4. The van der Waals surface area contributed by atoms with Crippen LogP contribution in [-0.4, -0.2) is 19.1 Å². The monoisotopic (exact) mass is 210 g/mol. The van der Waals surface area contributed by atoms with Crippen LogP contribution < -0.4 is 15.4 Å². The number of nitrogens with zero attached hydrogens (tertiary/aromatic N) is 1. The molecule has 0 bridgehead atoms. The quantitative estimate of drug-likeness (QED) is 0.653. The Kier molecular flexibility index (Phi) is 2.22. The summed E-state index contributed by atoms with van der Waals surface area (Å²) in [6, 6.07) is 2.63. The maximum absolute atomic E-state index is 13.1. The van der Waals surface area contributed by atoms with E-state index in [0.717, 1.165) is 0 Å². The Hall–Kier alpha value is -1.78. The number of carbonyl (C=O) groups is 1. The second-order valence-corrected chi connectivity index (χ2v) is 3.36.